The quantitative estimate of drug-likeness (QED) is 0.209. The first kappa shape index (κ1) is 27.5. The van der Waals surface area contributed by atoms with Gasteiger partial charge in [0, 0.05) is 0 Å². The summed E-state index contributed by atoms with van der Waals surface area (Å²) in [5, 5.41) is 16.0. The van der Waals surface area contributed by atoms with E-state index in [4.69, 9.17) is 28.4 Å². The zero-order valence-electron chi connectivity index (χ0n) is 17.6. The van der Waals surface area contributed by atoms with Gasteiger partial charge in [-0.1, -0.05) is 75.5 Å². The average Bonchev–Trinajstić information content (AvgIpc) is 2.83. The lowest BCUT2D eigenvalue weighted by atomic mass is 10.1. The van der Waals surface area contributed by atoms with Crippen LogP contribution in [0, 0.1) is 10.3 Å². The summed E-state index contributed by atoms with van der Waals surface area (Å²) in [6.45, 7) is 0. The predicted octanol–water partition coefficient (Wildman–Crippen LogP) is 9.61. The van der Waals surface area contributed by atoms with Gasteiger partial charge in [-0.3, -0.25) is 0 Å². The molecule has 0 amide bonds. The highest BCUT2D eigenvalue weighted by atomic mass is 31.1. The third-order valence-electron chi connectivity index (χ3n) is 4.49. The molecule has 4 rings (SSSR count). The van der Waals surface area contributed by atoms with Gasteiger partial charge < -0.3 is 0 Å². The number of nitrogens with one attached hydrogen (secondary N) is 2. The first-order valence-corrected chi connectivity index (χ1v) is 12.5. The molecule has 0 aromatic heterocycles. The fourth-order valence-electron chi connectivity index (χ4n) is 2.95. The highest BCUT2D eigenvalue weighted by Gasteiger charge is 2.19. The first-order valence-electron chi connectivity index (χ1n) is 10.2. The molecule has 0 bridgehead atoms. The summed E-state index contributed by atoms with van der Waals surface area (Å²) in [6, 6.07) is 33.7. The molecule has 2 N–H and O–H groups in total. The van der Waals surface area contributed by atoms with Gasteiger partial charge in [-0.2, -0.15) is 0 Å². The van der Waals surface area contributed by atoms with Crippen LogP contribution in [0.3, 0.4) is 0 Å². The van der Waals surface area contributed by atoms with Crippen LogP contribution in [0.25, 0.3) is 0 Å². The molecule has 8 heteroatoms. The Kier molecular flexibility index (Phi) is 10.9. The second-order valence-electron chi connectivity index (χ2n) is 6.97. The van der Waals surface area contributed by atoms with Crippen molar-refractivity contribution in [1.29, 1.82) is 10.3 Å². The van der Waals surface area contributed by atoms with Gasteiger partial charge in [0.2, 0.25) is 0 Å². The molecule has 0 aliphatic heterocycles. The molecule has 0 radical (unpaired) electrons. The monoisotopic (exact) mass is 508 g/mol. The fraction of sp³-hybridized carbons (Fsp3) is 0.111. The van der Waals surface area contributed by atoms with Crippen molar-refractivity contribution in [3.8, 4) is 23.0 Å². The van der Waals surface area contributed by atoms with Crippen LogP contribution in [0.4, 0.5) is 0 Å². The molecule has 4 aromatic rings. The summed E-state index contributed by atoms with van der Waals surface area (Å²) in [7, 11) is -3.61. The van der Waals surface area contributed by atoms with E-state index in [9.17, 15) is 0 Å². The molecule has 4 aromatic carbocycles. The van der Waals surface area contributed by atoms with Gasteiger partial charge in [0.25, 0.3) is 0 Å². The SMILES string of the molecule is C.C.N=[P+](Oc1ccccc1)Oc1ccc(Cc2ccc(O[P+](=N)Oc3ccccc3)cc2)cc1. The number of para-hydroxylation sites is 2. The Morgan fingerprint density at radius 3 is 1.03 bits per heavy atom. The topological polar surface area (TPSA) is 84.6 Å². The minimum atomic E-state index is -1.81. The Morgan fingerprint density at radius 2 is 0.714 bits per heavy atom. The molecule has 0 fully saturated rings. The van der Waals surface area contributed by atoms with Crippen molar-refractivity contribution >= 4 is 16.3 Å². The first-order chi connectivity index (χ1) is 16.1. The van der Waals surface area contributed by atoms with Gasteiger partial charge in [-0.05, 0) is 76.4 Å². The van der Waals surface area contributed by atoms with Crippen LogP contribution in [0.5, 0.6) is 23.0 Å². The van der Waals surface area contributed by atoms with E-state index >= 15 is 0 Å². The molecular weight excluding hydrogens is 478 g/mol. The largest absolute Gasteiger partial charge is 0.664 e. The van der Waals surface area contributed by atoms with Crippen LogP contribution in [0.1, 0.15) is 26.0 Å². The maximum absolute atomic E-state index is 8.00. The van der Waals surface area contributed by atoms with Gasteiger partial charge >= 0.3 is 16.3 Å². The van der Waals surface area contributed by atoms with Crippen LogP contribution in [-0.4, -0.2) is 0 Å². The zero-order valence-corrected chi connectivity index (χ0v) is 19.4. The summed E-state index contributed by atoms with van der Waals surface area (Å²) >= 11 is 0. The second-order valence-corrected chi connectivity index (χ2v) is 8.73. The minimum Gasteiger partial charge on any atom is -0.236 e. The van der Waals surface area contributed by atoms with E-state index in [0.717, 1.165) is 17.5 Å². The summed E-state index contributed by atoms with van der Waals surface area (Å²) < 4.78 is 22.2. The Hall–Kier alpha value is -3.72. The van der Waals surface area contributed by atoms with Gasteiger partial charge in [0.1, 0.15) is 0 Å². The van der Waals surface area contributed by atoms with Gasteiger partial charge in [0.15, 0.2) is 23.0 Å². The maximum Gasteiger partial charge on any atom is 0.664 e. The standard InChI is InChI=1S/C25H22N2O4P2.2CH4/c26-32(28-22-7-3-1-4-8-22)30-24-15-11-20(12-16-24)19-21-13-17-25(18-14-21)31-33(27)29-23-9-5-2-6-10-23;;/h1-18,26-27H,19H2;2*1H4/q+2;;. The van der Waals surface area contributed by atoms with E-state index in [2.05, 4.69) is 0 Å². The third kappa shape index (κ3) is 8.86. The molecular formula is C27H30N2O4P2+2. The molecule has 0 saturated carbocycles. The third-order valence-corrected chi connectivity index (χ3v) is 6.00. The molecule has 0 saturated heterocycles. The lowest BCUT2D eigenvalue weighted by Gasteiger charge is -2.03. The van der Waals surface area contributed by atoms with Crippen molar-refractivity contribution in [2.75, 3.05) is 0 Å². The van der Waals surface area contributed by atoms with Gasteiger partial charge in [-0.15, -0.1) is 0 Å². The van der Waals surface area contributed by atoms with Crippen molar-refractivity contribution in [1.82, 2.24) is 0 Å². The van der Waals surface area contributed by atoms with Gasteiger partial charge in [0.05, 0.1) is 0 Å². The van der Waals surface area contributed by atoms with Gasteiger partial charge in [-0.25, -0.2) is 18.1 Å². The molecule has 0 aliphatic rings. The normalized spacial score (nSPS) is 10.6. The summed E-state index contributed by atoms with van der Waals surface area (Å²) in [5.74, 6) is 2.43. The molecule has 0 aliphatic carbocycles. The number of benzene rings is 4. The number of hydrogen-bond donors (Lipinski definition) is 2. The Balaban J connectivity index is 0.00000216. The molecule has 35 heavy (non-hydrogen) atoms. The van der Waals surface area contributed by atoms with E-state index in [-0.39, 0.29) is 14.9 Å². The van der Waals surface area contributed by atoms with Crippen LogP contribution in [-0.2, 0) is 6.42 Å². The van der Waals surface area contributed by atoms with E-state index in [1.165, 1.54) is 0 Å². The molecule has 2 unspecified atom stereocenters. The summed E-state index contributed by atoms with van der Waals surface area (Å²) in [5.41, 5.74) is 2.23. The van der Waals surface area contributed by atoms with E-state index in [1.807, 2.05) is 84.9 Å². The highest BCUT2D eigenvalue weighted by molar-refractivity contribution is 7.35. The lowest BCUT2D eigenvalue weighted by Crippen LogP contribution is -1.91. The minimum absolute atomic E-state index is 0. The molecule has 0 heterocycles. The van der Waals surface area contributed by atoms with E-state index in [1.54, 1.807) is 24.3 Å². The number of rotatable bonds is 10. The van der Waals surface area contributed by atoms with Crippen molar-refractivity contribution in [2.24, 2.45) is 0 Å². The van der Waals surface area contributed by atoms with Crippen LogP contribution < -0.4 is 18.1 Å². The van der Waals surface area contributed by atoms with Crippen molar-refractivity contribution in [3.05, 3.63) is 120 Å². The predicted molar refractivity (Wildman–Crippen MR) is 144 cm³/mol. The molecule has 2 atom stereocenters. The van der Waals surface area contributed by atoms with Crippen molar-refractivity contribution in [2.45, 2.75) is 21.3 Å². The highest BCUT2D eigenvalue weighted by Crippen LogP contribution is 2.32. The van der Waals surface area contributed by atoms with Crippen LogP contribution >= 0.6 is 16.3 Å². The summed E-state index contributed by atoms with van der Waals surface area (Å²) in [4.78, 5) is 0. The Morgan fingerprint density at radius 1 is 0.429 bits per heavy atom. The Labute approximate surface area is 209 Å². The van der Waals surface area contributed by atoms with E-state index < -0.39 is 16.3 Å². The summed E-state index contributed by atoms with van der Waals surface area (Å²) in [6.07, 6.45) is 0.743. The second kappa shape index (κ2) is 13.9. The van der Waals surface area contributed by atoms with Crippen molar-refractivity contribution in [3.63, 3.8) is 0 Å². The lowest BCUT2D eigenvalue weighted by molar-refractivity contribution is 0.498. The molecule has 180 valence electrons. The van der Waals surface area contributed by atoms with Crippen LogP contribution in [0.15, 0.2) is 109 Å². The number of hydrogen-bond acceptors (Lipinski definition) is 6. The molecule has 6 nitrogen and oxygen atoms in total. The average molecular weight is 508 g/mol. The fourth-order valence-corrected chi connectivity index (χ4v) is 4.28. The van der Waals surface area contributed by atoms with Crippen LogP contribution in [0.2, 0.25) is 0 Å². The smallest absolute Gasteiger partial charge is 0.236 e. The maximum atomic E-state index is 8.00. The zero-order chi connectivity index (χ0) is 22.9. The van der Waals surface area contributed by atoms with Crippen molar-refractivity contribution < 1.29 is 18.1 Å². The Bertz CT molecular complexity index is 1110. The molecule has 0 spiro atoms. The van der Waals surface area contributed by atoms with E-state index in [0.29, 0.717) is 23.0 Å².